The molecule has 1 saturated heterocycles. The number of benzene rings is 1. The Balaban J connectivity index is 1.39. The molecule has 1 aromatic carbocycles. The molecule has 0 N–H and O–H groups in total. The van der Waals surface area contributed by atoms with Gasteiger partial charge >= 0.3 is 0 Å². The average Bonchev–Trinajstić information content (AvgIpc) is 2.94. The van der Waals surface area contributed by atoms with Gasteiger partial charge in [-0.15, -0.1) is 0 Å². The summed E-state index contributed by atoms with van der Waals surface area (Å²) < 4.78 is 13.2. The first-order chi connectivity index (χ1) is 17.7. The molecule has 0 bridgehead atoms. The predicted octanol–water partition coefficient (Wildman–Crippen LogP) is 9.41. The Morgan fingerprint density at radius 3 is 2.06 bits per heavy atom. The topological polar surface area (TPSA) is 18.5 Å². The third-order valence-electron chi connectivity index (χ3n) is 9.29. The van der Waals surface area contributed by atoms with Crippen LogP contribution in [0.2, 0.25) is 0 Å². The van der Waals surface area contributed by atoms with Gasteiger partial charge in [0.2, 0.25) is 0 Å². The summed E-state index contributed by atoms with van der Waals surface area (Å²) in [5.74, 6) is 1.95. The van der Waals surface area contributed by atoms with Crippen LogP contribution in [-0.2, 0) is 9.47 Å². The van der Waals surface area contributed by atoms with E-state index in [1.165, 1.54) is 89.0 Å². The number of allylic oxidation sites excluding steroid dienone is 2. The van der Waals surface area contributed by atoms with E-state index in [9.17, 15) is 0 Å². The fraction of sp³-hybridized carbons (Fsp3) is 0.706. The number of unbranched alkanes of at least 4 members (excludes halogenated alkanes) is 6. The molecule has 2 nitrogen and oxygen atoms in total. The van der Waals surface area contributed by atoms with E-state index in [1.54, 1.807) is 0 Å². The molecule has 2 aliphatic carbocycles. The molecule has 4 rings (SSSR count). The van der Waals surface area contributed by atoms with Gasteiger partial charge in [0, 0.05) is 11.3 Å². The quantitative estimate of drug-likeness (QED) is 0.202. The van der Waals surface area contributed by atoms with Gasteiger partial charge in [-0.05, 0) is 36.7 Å². The van der Waals surface area contributed by atoms with Gasteiger partial charge in [-0.25, -0.2) is 0 Å². The van der Waals surface area contributed by atoms with Crippen LogP contribution in [0.5, 0.6) is 0 Å². The van der Waals surface area contributed by atoms with Gasteiger partial charge in [0.1, 0.15) is 0 Å². The van der Waals surface area contributed by atoms with Crippen LogP contribution in [0.1, 0.15) is 115 Å². The summed E-state index contributed by atoms with van der Waals surface area (Å²) in [7, 11) is 0. The summed E-state index contributed by atoms with van der Waals surface area (Å²) in [6.07, 6.45) is 29.1. The van der Waals surface area contributed by atoms with E-state index < -0.39 is 0 Å². The third-order valence-corrected chi connectivity index (χ3v) is 9.29. The molecule has 2 heteroatoms. The van der Waals surface area contributed by atoms with Crippen LogP contribution < -0.4 is 0 Å². The fourth-order valence-electron chi connectivity index (χ4n) is 6.92. The first-order valence-electron chi connectivity index (χ1n) is 15.4. The van der Waals surface area contributed by atoms with Crippen LogP contribution in [-0.4, -0.2) is 25.4 Å². The van der Waals surface area contributed by atoms with E-state index >= 15 is 0 Å². The molecular formula is C34H52O2. The zero-order valence-electron chi connectivity index (χ0n) is 23.2. The summed E-state index contributed by atoms with van der Waals surface area (Å²) in [6, 6.07) is 10.9. The second-order valence-electron chi connectivity index (χ2n) is 11.8. The van der Waals surface area contributed by atoms with Crippen LogP contribution >= 0.6 is 0 Å². The largest absolute Gasteiger partial charge is 0.373 e. The van der Waals surface area contributed by atoms with Crippen LogP contribution in [0.15, 0.2) is 54.6 Å². The van der Waals surface area contributed by atoms with Gasteiger partial charge < -0.3 is 9.47 Å². The van der Waals surface area contributed by atoms with Crippen molar-refractivity contribution in [1.29, 1.82) is 0 Å². The minimum atomic E-state index is -0.0221. The molecule has 1 saturated carbocycles. The van der Waals surface area contributed by atoms with Gasteiger partial charge in [-0.3, -0.25) is 0 Å². The highest BCUT2D eigenvalue weighted by molar-refractivity contribution is 5.35. The Morgan fingerprint density at radius 1 is 0.722 bits per heavy atom. The first kappa shape index (κ1) is 27.6. The summed E-state index contributed by atoms with van der Waals surface area (Å²) in [5, 5.41) is 0. The number of hydrogen-bond acceptors (Lipinski definition) is 2. The van der Waals surface area contributed by atoms with E-state index in [4.69, 9.17) is 9.47 Å². The van der Waals surface area contributed by atoms with Gasteiger partial charge in [-0.1, -0.05) is 139 Å². The predicted molar refractivity (Wildman–Crippen MR) is 152 cm³/mol. The number of rotatable bonds is 13. The maximum absolute atomic E-state index is 6.68. The summed E-state index contributed by atoms with van der Waals surface area (Å²) >= 11 is 0. The lowest BCUT2D eigenvalue weighted by Crippen LogP contribution is -2.49. The molecule has 36 heavy (non-hydrogen) atoms. The molecule has 0 unspecified atom stereocenters. The zero-order chi connectivity index (χ0) is 25.1. The van der Waals surface area contributed by atoms with Crippen molar-refractivity contribution < 1.29 is 9.47 Å². The van der Waals surface area contributed by atoms with E-state index in [1.807, 2.05) is 0 Å². The minimum absolute atomic E-state index is 0.0221. The van der Waals surface area contributed by atoms with Crippen molar-refractivity contribution in [2.75, 3.05) is 13.2 Å². The Morgan fingerprint density at radius 2 is 1.39 bits per heavy atom. The molecule has 0 amide bonds. The van der Waals surface area contributed by atoms with Crippen molar-refractivity contribution in [2.45, 2.75) is 122 Å². The van der Waals surface area contributed by atoms with E-state index in [0.717, 1.165) is 25.6 Å². The van der Waals surface area contributed by atoms with Crippen LogP contribution in [0, 0.1) is 17.3 Å². The highest BCUT2D eigenvalue weighted by atomic mass is 16.6. The lowest BCUT2D eigenvalue weighted by molar-refractivity contribution is -0.169. The maximum Gasteiger partial charge on any atom is 0.0937 e. The minimum Gasteiger partial charge on any atom is -0.373 e. The molecule has 3 aliphatic rings. The summed E-state index contributed by atoms with van der Waals surface area (Å²) in [4.78, 5) is 0. The van der Waals surface area contributed by atoms with Crippen molar-refractivity contribution in [3.05, 3.63) is 60.2 Å². The van der Waals surface area contributed by atoms with Gasteiger partial charge in [0.15, 0.2) is 0 Å². The Hall–Kier alpha value is -1.38. The third kappa shape index (κ3) is 7.35. The Labute approximate surface area is 221 Å². The molecule has 200 valence electrons. The van der Waals surface area contributed by atoms with E-state index in [0.29, 0.717) is 11.8 Å². The summed E-state index contributed by atoms with van der Waals surface area (Å²) in [5.41, 5.74) is 1.35. The first-order valence-corrected chi connectivity index (χ1v) is 15.4. The molecule has 0 radical (unpaired) electrons. The Kier molecular flexibility index (Phi) is 11.2. The summed E-state index contributed by atoms with van der Waals surface area (Å²) in [6.45, 7) is 6.09. The molecule has 0 aromatic heterocycles. The van der Waals surface area contributed by atoms with Gasteiger partial charge in [0.25, 0.3) is 0 Å². The molecule has 0 spiro atoms. The second kappa shape index (κ2) is 14.5. The number of hydrogen-bond donors (Lipinski definition) is 0. The average molecular weight is 493 g/mol. The van der Waals surface area contributed by atoms with Crippen molar-refractivity contribution >= 4 is 0 Å². The van der Waals surface area contributed by atoms with Crippen molar-refractivity contribution in [2.24, 2.45) is 17.3 Å². The van der Waals surface area contributed by atoms with Crippen LogP contribution in [0.3, 0.4) is 0 Å². The molecule has 1 heterocycles. The lowest BCUT2D eigenvalue weighted by atomic mass is 9.61. The van der Waals surface area contributed by atoms with E-state index in [2.05, 4.69) is 68.5 Å². The van der Waals surface area contributed by atoms with Crippen LogP contribution in [0.25, 0.3) is 0 Å². The molecule has 2 fully saturated rings. The number of ether oxygens (including phenoxy) is 2. The monoisotopic (exact) mass is 492 g/mol. The van der Waals surface area contributed by atoms with Crippen molar-refractivity contribution in [3.63, 3.8) is 0 Å². The maximum atomic E-state index is 6.68. The van der Waals surface area contributed by atoms with Crippen molar-refractivity contribution in [1.82, 2.24) is 0 Å². The highest BCUT2D eigenvalue weighted by Crippen LogP contribution is 2.49. The normalized spacial score (nSPS) is 32.6. The lowest BCUT2D eigenvalue weighted by Gasteiger charge is -2.48. The molecule has 1 aromatic rings. The second-order valence-corrected chi connectivity index (χ2v) is 11.8. The highest BCUT2D eigenvalue weighted by Gasteiger charge is 2.46. The molecular weight excluding hydrogens is 440 g/mol. The van der Waals surface area contributed by atoms with Crippen LogP contribution in [0.4, 0.5) is 0 Å². The fourth-order valence-corrected chi connectivity index (χ4v) is 6.92. The molecule has 2 atom stereocenters. The van der Waals surface area contributed by atoms with Gasteiger partial charge in [-0.2, -0.15) is 0 Å². The smallest absolute Gasteiger partial charge is 0.0937 e. The Bertz CT molecular complexity index is 767. The van der Waals surface area contributed by atoms with Gasteiger partial charge in [0.05, 0.1) is 25.4 Å². The van der Waals surface area contributed by atoms with Crippen molar-refractivity contribution in [3.8, 4) is 0 Å². The zero-order valence-corrected chi connectivity index (χ0v) is 23.2. The van der Waals surface area contributed by atoms with E-state index in [-0.39, 0.29) is 17.6 Å². The SMILES string of the molecule is CCCCCCC[C@H]1CO[C@H](C2(C3CCC(CCCCC)CC3)C=CC(c3ccccc3)C=C2)CO1. The standard InChI is InChI=1S/C34H52O2/c1-3-5-7-8-13-17-32-26-36-33(27-35-32)34(31-20-18-28(19-21-31)14-10-6-4-2)24-22-30(23-25-34)29-15-11-9-12-16-29/h9,11-12,15-16,22-25,28,30-33H,3-8,10,13-14,17-21,26-27H2,1-2H3/t28?,30?,31?,32-,33-,34?/m0/s1. The molecule has 1 aliphatic heterocycles.